The SMILES string of the molecule is CCNC(=NCCCC(C)C)N1CCOC(C2CCCO2)C1. The molecule has 2 rings (SSSR count). The number of aliphatic imine (C=N–C) groups is 1. The summed E-state index contributed by atoms with van der Waals surface area (Å²) >= 11 is 0. The maximum atomic E-state index is 5.93. The second kappa shape index (κ2) is 9.36. The predicted octanol–water partition coefficient (Wildman–Crippen LogP) is 2.27. The summed E-state index contributed by atoms with van der Waals surface area (Å²) in [7, 11) is 0. The summed E-state index contributed by atoms with van der Waals surface area (Å²) in [5.41, 5.74) is 0. The molecule has 1 N–H and O–H groups in total. The van der Waals surface area contributed by atoms with Crippen LogP contribution in [0.15, 0.2) is 4.99 Å². The Morgan fingerprint density at radius 2 is 2.09 bits per heavy atom. The van der Waals surface area contributed by atoms with Crippen LogP contribution in [-0.4, -0.2) is 62.5 Å². The molecule has 0 spiro atoms. The average molecular weight is 311 g/mol. The lowest BCUT2D eigenvalue weighted by Gasteiger charge is -2.37. The minimum Gasteiger partial charge on any atom is -0.375 e. The van der Waals surface area contributed by atoms with E-state index < -0.39 is 0 Å². The van der Waals surface area contributed by atoms with Crippen LogP contribution in [0.1, 0.15) is 46.5 Å². The van der Waals surface area contributed by atoms with Gasteiger partial charge in [0, 0.05) is 32.8 Å². The van der Waals surface area contributed by atoms with E-state index in [1.165, 1.54) is 6.42 Å². The normalized spacial score (nSPS) is 26.7. The van der Waals surface area contributed by atoms with Crippen molar-refractivity contribution in [2.24, 2.45) is 10.9 Å². The monoisotopic (exact) mass is 311 g/mol. The summed E-state index contributed by atoms with van der Waals surface area (Å²) in [6, 6.07) is 0. The fourth-order valence-electron chi connectivity index (χ4n) is 3.10. The van der Waals surface area contributed by atoms with Gasteiger partial charge in [-0.15, -0.1) is 0 Å². The Balaban J connectivity index is 1.87. The molecule has 0 amide bonds. The van der Waals surface area contributed by atoms with Gasteiger partial charge in [0.1, 0.15) is 6.10 Å². The first-order valence-electron chi connectivity index (χ1n) is 8.97. The first kappa shape index (κ1) is 17.5. The molecule has 2 saturated heterocycles. The third-order valence-electron chi connectivity index (χ3n) is 4.31. The van der Waals surface area contributed by atoms with Crippen molar-refractivity contribution in [3.63, 3.8) is 0 Å². The molecule has 0 bridgehead atoms. The van der Waals surface area contributed by atoms with E-state index in [1.54, 1.807) is 0 Å². The van der Waals surface area contributed by atoms with Gasteiger partial charge in [-0.2, -0.15) is 0 Å². The zero-order valence-corrected chi connectivity index (χ0v) is 14.5. The Hall–Kier alpha value is -0.810. The van der Waals surface area contributed by atoms with E-state index in [2.05, 4.69) is 31.0 Å². The maximum absolute atomic E-state index is 5.93. The summed E-state index contributed by atoms with van der Waals surface area (Å²) in [5.74, 6) is 1.79. The Labute approximate surface area is 135 Å². The number of nitrogens with one attached hydrogen (secondary N) is 1. The van der Waals surface area contributed by atoms with Crippen molar-refractivity contribution in [3.05, 3.63) is 0 Å². The molecule has 128 valence electrons. The summed E-state index contributed by atoms with van der Waals surface area (Å²) in [6.07, 6.45) is 5.15. The number of rotatable bonds is 6. The topological polar surface area (TPSA) is 46.1 Å². The zero-order chi connectivity index (χ0) is 15.8. The molecule has 0 aromatic heterocycles. The highest BCUT2D eigenvalue weighted by atomic mass is 16.5. The van der Waals surface area contributed by atoms with Gasteiger partial charge in [-0.05, 0) is 38.5 Å². The second-order valence-electron chi connectivity index (χ2n) is 6.68. The lowest BCUT2D eigenvalue weighted by atomic mass is 10.1. The van der Waals surface area contributed by atoms with Crippen LogP contribution in [0.2, 0.25) is 0 Å². The van der Waals surface area contributed by atoms with Crippen LogP contribution in [0, 0.1) is 5.92 Å². The van der Waals surface area contributed by atoms with Gasteiger partial charge in [0.25, 0.3) is 0 Å². The Morgan fingerprint density at radius 1 is 1.27 bits per heavy atom. The molecule has 5 heteroatoms. The predicted molar refractivity (Wildman–Crippen MR) is 90.3 cm³/mol. The molecule has 2 atom stereocenters. The van der Waals surface area contributed by atoms with E-state index in [9.17, 15) is 0 Å². The van der Waals surface area contributed by atoms with Crippen molar-refractivity contribution >= 4 is 5.96 Å². The van der Waals surface area contributed by atoms with Gasteiger partial charge >= 0.3 is 0 Å². The van der Waals surface area contributed by atoms with Crippen LogP contribution in [0.3, 0.4) is 0 Å². The molecule has 0 aliphatic carbocycles. The van der Waals surface area contributed by atoms with Crippen molar-refractivity contribution in [2.45, 2.75) is 58.7 Å². The lowest BCUT2D eigenvalue weighted by molar-refractivity contribution is -0.0817. The van der Waals surface area contributed by atoms with E-state index >= 15 is 0 Å². The van der Waals surface area contributed by atoms with Crippen molar-refractivity contribution in [1.29, 1.82) is 0 Å². The van der Waals surface area contributed by atoms with Crippen molar-refractivity contribution < 1.29 is 9.47 Å². The first-order valence-corrected chi connectivity index (χ1v) is 8.97. The molecule has 2 aliphatic heterocycles. The molecule has 22 heavy (non-hydrogen) atoms. The van der Waals surface area contributed by atoms with Gasteiger partial charge in [0.2, 0.25) is 0 Å². The van der Waals surface area contributed by atoms with Gasteiger partial charge < -0.3 is 19.7 Å². The number of nitrogens with zero attached hydrogens (tertiary/aromatic N) is 2. The lowest BCUT2D eigenvalue weighted by Crippen LogP contribution is -2.53. The highest BCUT2D eigenvalue weighted by Gasteiger charge is 2.32. The number of guanidine groups is 1. The first-order chi connectivity index (χ1) is 10.7. The molecule has 0 aromatic rings. The van der Waals surface area contributed by atoms with Crippen LogP contribution in [0.5, 0.6) is 0 Å². The summed E-state index contributed by atoms with van der Waals surface area (Å²) in [4.78, 5) is 7.15. The van der Waals surface area contributed by atoms with Gasteiger partial charge in [0.05, 0.1) is 12.7 Å². The van der Waals surface area contributed by atoms with Crippen molar-refractivity contribution in [1.82, 2.24) is 10.2 Å². The fourth-order valence-corrected chi connectivity index (χ4v) is 3.10. The summed E-state index contributed by atoms with van der Waals surface area (Å²) in [6.45, 7) is 11.9. The maximum Gasteiger partial charge on any atom is 0.194 e. The van der Waals surface area contributed by atoms with Gasteiger partial charge in [-0.25, -0.2) is 0 Å². The van der Waals surface area contributed by atoms with E-state index in [4.69, 9.17) is 14.5 Å². The van der Waals surface area contributed by atoms with Crippen LogP contribution >= 0.6 is 0 Å². The van der Waals surface area contributed by atoms with Crippen LogP contribution in [-0.2, 0) is 9.47 Å². The van der Waals surface area contributed by atoms with Crippen LogP contribution < -0.4 is 5.32 Å². The van der Waals surface area contributed by atoms with Crippen molar-refractivity contribution in [2.75, 3.05) is 39.4 Å². The third-order valence-corrected chi connectivity index (χ3v) is 4.31. The van der Waals surface area contributed by atoms with E-state index in [0.717, 1.165) is 70.5 Å². The zero-order valence-electron chi connectivity index (χ0n) is 14.5. The van der Waals surface area contributed by atoms with Gasteiger partial charge in [-0.3, -0.25) is 4.99 Å². The Morgan fingerprint density at radius 3 is 2.77 bits per heavy atom. The molecule has 2 unspecified atom stereocenters. The van der Waals surface area contributed by atoms with E-state index in [-0.39, 0.29) is 12.2 Å². The average Bonchev–Trinajstić information content (AvgIpc) is 3.05. The number of hydrogen-bond donors (Lipinski definition) is 1. The number of ether oxygens (including phenoxy) is 2. The summed E-state index contributed by atoms with van der Waals surface area (Å²) < 4.78 is 11.7. The molecule has 0 radical (unpaired) electrons. The molecular formula is C17H33N3O2. The van der Waals surface area contributed by atoms with Crippen LogP contribution in [0.25, 0.3) is 0 Å². The molecule has 5 nitrogen and oxygen atoms in total. The molecule has 0 aromatic carbocycles. The Kier molecular flexibility index (Phi) is 7.46. The molecule has 0 saturated carbocycles. The Bertz CT molecular complexity index is 341. The minimum atomic E-state index is 0.191. The highest BCUT2D eigenvalue weighted by Crippen LogP contribution is 2.21. The molecule has 2 heterocycles. The second-order valence-corrected chi connectivity index (χ2v) is 6.68. The molecule has 2 aliphatic rings. The smallest absolute Gasteiger partial charge is 0.194 e. The quantitative estimate of drug-likeness (QED) is 0.464. The number of hydrogen-bond acceptors (Lipinski definition) is 3. The van der Waals surface area contributed by atoms with E-state index in [1.807, 2.05) is 0 Å². The standard InChI is InChI=1S/C17H33N3O2/c1-4-18-17(19-9-5-7-14(2)3)20-10-12-22-16(13-20)15-8-6-11-21-15/h14-16H,4-13H2,1-3H3,(H,18,19). The third kappa shape index (κ3) is 5.43. The fraction of sp³-hybridized carbons (Fsp3) is 0.941. The largest absolute Gasteiger partial charge is 0.375 e. The number of morpholine rings is 1. The highest BCUT2D eigenvalue weighted by molar-refractivity contribution is 5.80. The molecular weight excluding hydrogens is 278 g/mol. The van der Waals surface area contributed by atoms with E-state index in [0.29, 0.717) is 0 Å². The minimum absolute atomic E-state index is 0.191. The van der Waals surface area contributed by atoms with Gasteiger partial charge in [0.15, 0.2) is 5.96 Å². The van der Waals surface area contributed by atoms with Gasteiger partial charge in [-0.1, -0.05) is 13.8 Å². The van der Waals surface area contributed by atoms with Crippen molar-refractivity contribution in [3.8, 4) is 0 Å². The molecule has 2 fully saturated rings. The van der Waals surface area contributed by atoms with Crippen LogP contribution in [0.4, 0.5) is 0 Å². The summed E-state index contributed by atoms with van der Waals surface area (Å²) in [5, 5.41) is 3.43.